The van der Waals surface area contributed by atoms with E-state index in [0.29, 0.717) is 11.5 Å². The van der Waals surface area contributed by atoms with Gasteiger partial charge in [0.05, 0.1) is 6.10 Å². The lowest BCUT2D eigenvalue weighted by Gasteiger charge is -2.43. The van der Waals surface area contributed by atoms with Crippen molar-refractivity contribution in [2.45, 2.75) is 51.7 Å². The number of hydrogen-bond acceptors (Lipinski definition) is 4. The SMILES string of the molecule is CO[C@@H]1CCC[C@]12CCCN(Cc1ccc(C)s1)C2.O=CO. The van der Waals surface area contributed by atoms with Crippen molar-refractivity contribution < 1.29 is 14.6 Å². The van der Waals surface area contributed by atoms with E-state index in [1.807, 2.05) is 18.4 Å². The van der Waals surface area contributed by atoms with Gasteiger partial charge in [-0.2, -0.15) is 0 Å². The molecule has 124 valence electrons. The number of methoxy groups -OCH3 is 1. The Morgan fingerprint density at radius 3 is 2.82 bits per heavy atom. The van der Waals surface area contributed by atoms with Crippen molar-refractivity contribution in [3.05, 3.63) is 21.9 Å². The molecule has 3 rings (SSSR count). The first kappa shape index (κ1) is 17.4. The molecule has 0 amide bonds. The number of nitrogens with zero attached hydrogens (tertiary/aromatic N) is 1. The summed E-state index contributed by atoms with van der Waals surface area (Å²) in [6.45, 7) is 5.58. The molecule has 1 aromatic heterocycles. The number of thiophene rings is 1. The average molecular weight is 325 g/mol. The second kappa shape index (κ2) is 8.09. The van der Waals surface area contributed by atoms with Gasteiger partial charge in [-0.3, -0.25) is 9.69 Å². The number of ether oxygens (including phenoxy) is 1. The molecule has 1 saturated carbocycles. The van der Waals surface area contributed by atoms with E-state index in [0.717, 1.165) is 6.54 Å². The van der Waals surface area contributed by atoms with E-state index in [1.165, 1.54) is 54.9 Å². The van der Waals surface area contributed by atoms with Crippen LogP contribution in [-0.2, 0) is 16.1 Å². The van der Waals surface area contributed by atoms with Crippen LogP contribution in [0.4, 0.5) is 0 Å². The van der Waals surface area contributed by atoms with E-state index in [-0.39, 0.29) is 6.47 Å². The maximum atomic E-state index is 8.36. The maximum absolute atomic E-state index is 8.36. The van der Waals surface area contributed by atoms with Crippen LogP contribution >= 0.6 is 11.3 Å². The molecule has 1 spiro atoms. The lowest BCUT2D eigenvalue weighted by Crippen LogP contribution is -2.47. The Morgan fingerprint density at radius 2 is 2.18 bits per heavy atom. The molecule has 4 nitrogen and oxygen atoms in total. The summed E-state index contributed by atoms with van der Waals surface area (Å²) in [5.74, 6) is 0. The largest absolute Gasteiger partial charge is 0.483 e. The van der Waals surface area contributed by atoms with Gasteiger partial charge in [0.1, 0.15) is 0 Å². The van der Waals surface area contributed by atoms with E-state index in [4.69, 9.17) is 14.6 Å². The highest BCUT2D eigenvalue weighted by Crippen LogP contribution is 2.46. The third-order valence-corrected chi connectivity index (χ3v) is 5.96. The summed E-state index contributed by atoms with van der Waals surface area (Å²) in [7, 11) is 1.90. The maximum Gasteiger partial charge on any atom is 0.290 e. The van der Waals surface area contributed by atoms with Crippen molar-refractivity contribution in [1.29, 1.82) is 0 Å². The zero-order valence-electron chi connectivity index (χ0n) is 13.6. The molecule has 1 aromatic rings. The Labute approximate surface area is 137 Å². The lowest BCUT2D eigenvalue weighted by atomic mass is 9.76. The Balaban J connectivity index is 0.000000545. The molecule has 1 saturated heterocycles. The fraction of sp³-hybridized carbons (Fsp3) is 0.706. The van der Waals surface area contributed by atoms with Crippen LogP contribution in [0.1, 0.15) is 41.9 Å². The summed E-state index contributed by atoms with van der Waals surface area (Å²) in [4.78, 5) is 14.0. The molecule has 1 N–H and O–H groups in total. The lowest BCUT2D eigenvalue weighted by molar-refractivity contribution is -0.122. The molecular weight excluding hydrogens is 298 g/mol. The molecule has 0 unspecified atom stereocenters. The number of likely N-dealkylation sites (tertiary alicyclic amines) is 1. The molecule has 1 aliphatic heterocycles. The minimum Gasteiger partial charge on any atom is -0.483 e. The Kier molecular flexibility index (Phi) is 6.41. The summed E-state index contributed by atoms with van der Waals surface area (Å²) in [5.41, 5.74) is 0.458. The van der Waals surface area contributed by atoms with Crippen molar-refractivity contribution in [3.8, 4) is 0 Å². The molecule has 2 heterocycles. The summed E-state index contributed by atoms with van der Waals surface area (Å²) >= 11 is 1.95. The molecule has 2 atom stereocenters. The molecule has 1 aliphatic carbocycles. The number of hydrogen-bond donors (Lipinski definition) is 1. The van der Waals surface area contributed by atoms with Crippen molar-refractivity contribution in [2.24, 2.45) is 5.41 Å². The smallest absolute Gasteiger partial charge is 0.290 e. The van der Waals surface area contributed by atoms with Gasteiger partial charge < -0.3 is 9.84 Å². The summed E-state index contributed by atoms with van der Waals surface area (Å²) in [5, 5.41) is 6.89. The highest BCUT2D eigenvalue weighted by Gasteiger charge is 2.45. The molecular formula is C17H27NO3S. The van der Waals surface area contributed by atoms with E-state index < -0.39 is 0 Å². The molecule has 2 aliphatic rings. The fourth-order valence-electron chi connectivity index (χ4n) is 4.13. The van der Waals surface area contributed by atoms with Crippen molar-refractivity contribution in [2.75, 3.05) is 20.2 Å². The van der Waals surface area contributed by atoms with Crippen molar-refractivity contribution >= 4 is 17.8 Å². The third kappa shape index (κ3) is 4.09. The Bertz CT molecular complexity index is 476. The first-order valence-corrected chi connectivity index (χ1v) is 8.83. The van der Waals surface area contributed by atoms with Gasteiger partial charge in [-0.05, 0) is 51.3 Å². The monoisotopic (exact) mass is 325 g/mol. The average Bonchev–Trinajstić information content (AvgIpc) is 3.06. The zero-order chi connectivity index (χ0) is 16.0. The van der Waals surface area contributed by atoms with Crippen LogP contribution in [0.15, 0.2) is 12.1 Å². The molecule has 2 fully saturated rings. The highest BCUT2D eigenvalue weighted by molar-refractivity contribution is 7.11. The van der Waals surface area contributed by atoms with Crippen LogP contribution in [0.25, 0.3) is 0 Å². The van der Waals surface area contributed by atoms with Crippen LogP contribution in [0.2, 0.25) is 0 Å². The molecule has 0 bridgehead atoms. The number of carboxylic acid groups (broad SMARTS) is 1. The quantitative estimate of drug-likeness (QED) is 0.864. The summed E-state index contributed by atoms with van der Waals surface area (Å²) in [6.07, 6.45) is 7.19. The van der Waals surface area contributed by atoms with E-state index in [1.54, 1.807) is 0 Å². The number of aryl methyl sites for hydroxylation is 1. The minimum atomic E-state index is -0.250. The van der Waals surface area contributed by atoms with Gasteiger partial charge >= 0.3 is 0 Å². The predicted molar refractivity (Wildman–Crippen MR) is 89.3 cm³/mol. The Hall–Kier alpha value is -0.910. The van der Waals surface area contributed by atoms with Crippen LogP contribution in [0, 0.1) is 12.3 Å². The second-order valence-electron chi connectivity index (χ2n) is 6.41. The van der Waals surface area contributed by atoms with E-state index in [9.17, 15) is 0 Å². The van der Waals surface area contributed by atoms with Crippen LogP contribution < -0.4 is 0 Å². The van der Waals surface area contributed by atoms with Gasteiger partial charge in [-0.1, -0.05) is 6.42 Å². The van der Waals surface area contributed by atoms with E-state index >= 15 is 0 Å². The predicted octanol–water partition coefficient (Wildman–Crippen LogP) is 3.54. The highest BCUT2D eigenvalue weighted by atomic mass is 32.1. The number of rotatable bonds is 3. The second-order valence-corrected chi connectivity index (χ2v) is 7.78. The normalized spacial score (nSPS) is 28.4. The standard InChI is InChI=1S/C16H25NOS.CH2O2/c1-13-6-7-14(19-13)11-17-10-4-9-16(12-17)8-3-5-15(16)18-2;2-1-3/h6-7,15H,3-5,8-12H2,1-2H3;1H,(H,2,3)/t15-,16-;/m1./s1. The van der Waals surface area contributed by atoms with Gasteiger partial charge in [-0.15, -0.1) is 11.3 Å². The van der Waals surface area contributed by atoms with Gasteiger partial charge in [0, 0.05) is 35.4 Å². The van der Waals surface area contributed by atoms with Crippen LogP contribution in [0.5, 0.6) is 0 Å². The van der Waals surface area contributed by atoms with Crippen molar-refractivity contribution in [1.82, 2.24) is 4.90 Å². The van der Waals surface area contributed by atoms with Crippen molar-refractivity contribution in [3.63, 3.8) is 0 Å². The molecule has 22 heavy (non-hydrogen) atoms. The van der Waals surface area contributed by atoms with Gasteiger partial charge in [0.25, 0.3) is 6.47 Å². The van der Waals surface area contributed by atoms with E-state index in [2.05, 4.69) is 24.0 Å². The number of piperidine rings is 1. The minimum absolute atomic E-state index is 0.250. The molecule has 0 radical (unpaired) electrons. The van der Waals surface area contributed by atoms with Crippen LogP contribution in [-0.4, -0.2) is 42.8 Å². The third-order valence-electron chi connectivity index (χ3n) is 4.97. The number of carbonyl (C=O) groups is 1. The van der Waals surface area contributed by atoms with Gasteiger partial charge in [0.2, 0.25) is 0 Å². The van der Waals surface area contributed by atoms with Crippen LogP contribution in [0.3, 0.4) is 0 Å². The first-order valence-electron chi connectivity index (χ1n) is 8.02. The van der Waals surface area contributed by atoms with Gasteiger partial charge in [-0.25, -0.2) is 0 Å². The summed E-state index contributed by atoms with van der Waals surface area (Å²) < 4.78 is 5.78. The topological polar surface area (TPSA) is 49.8 Å². The first-order chi connectivity index (χ1) is 10.6. The Morgan fingerprint density at radius 1 is 1.45 bits per heavy atom. The summed E-state index contributed by atoms with van der Waals surface area (Å²) in [6, 6.07) is 4.54. The molecule has 5 heteroatoms. The molecule has 0 aromatic carbocycles. The zero-order valence-corrected chi connectivity index (χ0v) is 14.4. The van der Waals surface area contributed by atoms with Gasteiger partial charge in [0.15, 0.2) is 0 Å². The fourth-order valence-corrected chi connectivity index (χ4v) is 5.06.